The van der Waals surface area contributed by atoms with E-state index in [0.29, 0.717) is 0 Å². The Hall–Kier alpha value is -1.43. The molecule has 94 valence electrons. The van der Waals surface area contributed by atoms with Crippen LogP contribution in [0, 0.1) is 5.92 Å². The zero-order valence-corrected chi connectivity index (χ0v) is 9.93. The van der Waals surface area contributed by atoms with Crippen LogP contribution in [0.25, 0.3) is 0 Å². The first-order valence-electron chi connectivity index (χ1n) is 5.72. The van der Waals surface area contributed by atoms with Crippen LogP contribution >= 0.6 is 0 Å². The Morgan fingerprint density at radius 3 is 2.65 bits per heavy atom. The van der Waals surface area contributed by atoms with Crippen LogP contribution in [0.3, 0.4) is 0 Å². The van der Waals surface area contributed by atoms with Gasteiger partial charge in [-0.2, -0.15) is 0 Å². The average Bonchev–Trinajstić information content (AvgIpc) is 3.09. The Morgan fingerprint density at radius 2 is 2.12 bits per heavy atom. The molecule has 1 saturated carbocycles. The standard InChI is InChI=1S/C11H16N2O4/c1-6-10(15)12-8(14)5-13(6)9(7-3-4-7)11(16)17-2/h6-7,9H,3-5H2,1-2H3,(H,12,14,15). The highest BCUT2D eigenvalue weighted by Crippen LogP contribution is 2.37. The van der Waals surface area contributed by atoms with Crippen LogP contribution in [0.4, 0.5) is 0 Å². The average molecular weight is 240 g/mol. The van der Waals surface area contributed by atoms with E-state index in [1.54, 1.807) is 11.8 Å². The summed E-state index contributed by atoms with van der Waals surface area (Å²) in [6, 6.07) is -0.942. The number of piperazine rings is 1. The van der Waals surface area contributed by atoms with Gasteiger partial charge < -0.3 is 4.74 Å². The molecule has 1 aliphatic heterocycles. The van der Waals surface area contributed by atoms with Crippen molar-refractivity contribution in [2.24, 2.45) is 5.92 Å². The Kier molecular flexibility index (Phi) is 3.15. The zero-order chi connectivity index (χ0) is 12.6. The highest BCUT2D eigenvalue weighted by Gasteiger charge is 2.46. The Balaban J connectivity index is 2.19. The topological polar surface area (TPSA) is 75.7 Å². The van der Waals surface area contributed by atoms with Crippen LogP contribution in [0.2, 0.25) is 0 Å². The summed E-state index contributed by atoms with van der Waals surface area (Å²) in [5.41, 5.74) is 0. The number of hydrogen-bond donors (Lipinski definition) is 1. The van der Waals surface area contributed by atoms with Crippen molar-refractivity contribution in [3.8, 4) is 0 Å². The molecule has 17 heavy (non-hydrogen) atoms. The van der Waals surface area contributed by atoms with E-state index in [2.05, 4.69) is 5.32 Å². The molecule has 2 unspecified atom stereocenters. The van der Waals surface area contributed by atoms with Gasteiger partial charge in [0.25, 0.3) is 0 Å². The molecule has 6 nitrogen and oxygen atoms in total. The van der Waals surface area contributed by atoms with Crippen molar-refractivity contribution < 1.29 is 19.1 Å². The molecule has 1 saturated heterocycles. The lowest BCUT2D eigenvalue weighted by Crippen LogP contribution is -2.62. The van der Waals surface area contributed by atoms with Gasteiger partial charge in [0.2, 0.25) is 11.8 Å². The summed E-state index contributed by atoms with van der Waals surface area (Å²) in [6.07, 6.45) is 1.89. The van der Waals surface area contributed by atoms with Crippen molar-refractivity contribution in [3.63, 3.8) is 0 Å². The van der Waals surface area contributed by atoms with E-state index in [0.717, 1.165) is 12.8 Å². The fourth-order valence-electron chi connectivity index (χ4n) is 2.21. The minimum absolute atomic E-state index is 0.0726. The highest BCUT2D eigenvalue weighted by molar-refractivity contribution is 6.01. The predicted molar refractivity (Wildman–Crippen MR) is 57.8 cm³/mol. The van der Waals surface area contributed by atoms with Crippen molar-refractivity contribution >= 4 is 17.8 Å². The van der Waals surface area contributed by atoms with Crippen LogP contribution in [0.1, 0.15) is 19.8 Å². The maximum Gasteiger partial charge on any atom is 0.323 e. The van der Waals surface area contributed by atoms with Gasteiger partial charge in [0.15, 0.2) is 0 Å². The van der Waals surface area contributed by atoms with E-state index >= 15 is 0 Å². The number of rotatable bonds is 3. The number of methoxy groups -OCH3 is 1. The van der Waals surface area contributed by atoms with Gasteiger partial charge >= 0.3 is 5.97 Å². The highest BCUT2D eigenvalue weighted by atomic mass is 16.5. The molecule has 2 atom stereocenters. The fourth-order valence-corrected chi connectivity index (χ4v) is 2.21. The first-order chi connectivity index (χ1) is 8.04. The number of imide groups is 1. The van der Waals surface area contributed by atoms with Crippen molar-refractivity contribution in [3.05, 3.63) is 0 Å². The lowest BCUT2D eigenvalue weighted by molar-refractivity contribution is -0.153. The van der Waals surface area contributed by atoms with Crippen molar-refractivity contribution in [1.82, 2.24) is 10.2 Å². The van der Waals surface area contributed by atoms with Gasteiger partial charge in [-0.3, -0.25) is 24.6 Å². The van der Waals surface area contributed by atoms with Gasteiger partial charge in [0.05, 0.1) is 19.7 Å². The number of amides is 2. The van der Waals surface area contributed by atoms with Gasteiger partial charge in [-0.05, 0) is 25.7 Å². The minimum Gasteiger partial charge on any atom is -0.468 e. The van der Waals surface area contributed by atoms with Gasteiger partial charge in [0.1, 0.15) is 6.04 Å². The second kappa shape index (κ2) is 4.44. The van der Waals surface area contributed by atoms with E-state index in [1.807, 2.05) is 0 Å². The minimum atomic E-state index is -0.475. The molecule has 6 heteroatoms. The van der Waals surface area contributed by atoms with Crippen LogP contribution in [0.5, 0.6) is 0 Å². The summed E-state index contributed by atoms with van der Waals surface area (Å²) in [7, 11) is 1.33. The number of nitrogens with zero attached hydrogens (tertiary/aromatic N) is 1. The van der Waals surface area contributed by atoms with E-state index in [9.17, 15) is 14.4 Å². The van der Waals surface area contributed by atoms with Gasteiger partial charge in [-0.1, -0.05) is 0 Å². The Morgan fingerprint density at radius 1 is 1.47 bits per heavy atom. The van der Waals surface area contributed by atoms with Crippen molar-refractivity contribution in [2.75, 3.05) is 13.7 Å². The summed E-state index contributed by atoms with van der Waals surface area (Å²) in [5.74, 6) is -0.857. The molecule has 0 radical (unpaired) electrons. The first-order valence-corrected chi connectivity index (χ1v) is 5.72. The number of carbonyl (C=O) groups is 3. The summed E-state index contributed by atoms with van der Waals surface area (Å²) < 4.78 is 4.76. The maximum absolute atomic E-state index is 11.7. The molecule has 0 aromatic rings. The molecule has 0 aromatic heterocycles. The summed E-state index contributed by atoms with van der Waals surface area (Å²) in [6.45, 7) is 1.77. The van der Waals surface area contributed by atoms with Crippen molar-refractivity contribution in [1.29, 1.82) is 0 Å². The zero-order valence-electron chi connectivity index (χ0n) is 9.93. The van der Waals surface area contributed by atoms with Crippen LogP contribution < -0.4 is 5.32 Å². The molecular formula is C11H16N2O4. The maximum atomic E-state index is 11.7. The lowest BCUT2D eigenvalue weighted by atomic mass is 10.1. The monoisotopic (exact) mass is 240 g/mol. The van der Waals surface area contributed by atoms with Gasteiger partial charge in [-0.15, -0.1) is 0 Å². The number of nitrogens with one attached hydrogen (secondary N) is 1. The van der Waals surface area contributed by atoms with Gasteiger partial charge in [0, 0.05) is 0 Å². The Labute approximate surface area is 99.3 Å². The summed E-state index contributed by atoms with van der Waals surface area (Å²) in [4.78, 5) is 36.3. The number of ether oxygens (including phenoxy) is 1. The molecular weight excluding hydrogens is 224 g/mol. The Bertz CT molecular complexity index is 364. The SMILES string of the molecule is COC(=O)C(C1CC1)N1CC(=O)NC(=O)C1C. The third kappa shape index (κ3) is 2.31. The first kappa shape index (κ1) is 12.0. The van der Waals surface area contributed by atoms with Gasteiger partial charge in [-0.25, -0.2) is 0 Å². The summed E-state index contributed by atoms with van der Waals surface area (Å²) >= 11 is 0. The van der Waals surface area contributed by atoms with E-state index < -0.39 is 12.1 Å². The van der Waals surface area contributed by atoms with Crippen molar-refractivity contribution in [2.45, 2.75) is 31.8 Å². The molecule has 2 amide bonds. The number of esters is 1. The molecule has 0 spiro atoms. The molecule has 2 fully saturated rings. The second-order valence-corrected chi connectivity index (χ2v) is 4.57. The van der Waals surface area contributed by atoms with E-state index in [-0.39, 0.29) is 30.2 Å². The predicted octanol–water partition coefficient (Wildman–Crippen LogP) is -0.715. The van der Waals surface area contributed by atoms with E-state index in [1.165, 1.54) is 7.11 Å². The number of carbonyl (C=O) groups excluding carboxylic acids is 3. The molecule has 1 heterocycles. The third-order valence-corrected chi connectivity index (χ3v) is 3.33. The molecule has 2 aliphatic rings. The number of hydrogen-bond acceptors (Lipinski definition) is 5. The molecule has 2 rings (SSSR count). The molecule has 1 aliphatic carbocycles. The van der Waals surface area contributed by atoms with E-state index in [4.69, 9.17) is 4.74 Å². The molecule has 1 N–H and O–H groups in total. The second-order valence-electron chi connectivity index (χ2n) is 4.57. The normalized spacial score (nSPS) is 27.5. The largest absolute Gasteiger partial charge is 0.468 e. The lowest BCUT2D eigenvalue weighted by Gasteiger charge is -2.36. The quantitative estimate of drug-likeness (QED) is 0.520. The van der Waals surface area contributed by atoms with Crippen LogP contribution in [-0.2, 0) is 19.1 Å². The molecule has 0 aromatic carbocycles. The smallest absolute Gasteiger partial charge is 0.323 e. The fraction of sp³-hybridized carbons (Fsp3) is 0.727. The van der Waals surface area contributed by atoms with Crippen LogP contribution in [0.15, 0.2) is 0 Å². The third-order valence-electron chi connectivity index (χ3n) is 3.33. The summed E-state index contributed by atoms with van der Waals surface area (Å²) in [5, 5.41) is 2.26. The molecule has 0 bridgehead atoms. The van der Waals surface area contributed by atoms with Crippen LogP contribution in [-0.4, -0.2) is 48.4 Å².